The maximum atomic E-state index is 12.3. The molecule has 0 radical (unpaired) electrons. The molecule has 0 bridgehead atoms. The van der Waals surface area contributed by atoms with E-state index >= 15 is 0 Å². The topological polar surface area (TPSA) is 74.0 Å². The van der Waals surface area contributed by atoms with Crippen LogP contribution < -0.4 is 16.2 Å². The van der Waals surface area contributed by atoms with Gasteiger partial charge in [0, 0.05) is 18.2 Å². The first-order valence-corrected chi connectivity index (χ1v) is 9.20. The summed E-state index contributed by atoms with van der Waals surface area (Å²) in [6.07, 6.45) is 6.30. The van der Waals surface area contributed by atoms with Crippen LogP contribution in [0.15, 0.2) is 23.0 Å². The summed E-state index contributed by atoms with van der Waals surface area (Å²) in [5.41, 5.74) is 3.77. The lowest BCUT2D eigenvalue weighted by Crippen LogP contribution is -2.43. The number of aryl methyl sites for hydroxylation is 2. The highest BCUT2D eigenvalue weighted by molar-refractivity contribution is 5.82. The van der Waals surface area contributed by atoms with Crippen molar-refractivity contribution in [3.05, 3.63) is 45.2 Å². The minimum atomic E-state index is -0.129. The Morgan fingerprint density at radius 2 is 1.92 bits per heavy atom. The first-order chi connectivity index (χ1) is 12.0. The van der Waals surface area contributed by atoms with Crippen molar-refractivity contribution < 1.29 is 4.79 Å². The van der Waals surface area contributed by atoms with Crippen LogP contribution in [-0.4, -0.2) is 23.6 Å². The smallest absolute Gasteiger partial charge is 0.315 e. The van der Waals surface area contributed by atoms with Gasteiger partial charge in [0.05, 0.1) is 5.52 Å². The first kappa shape index (κ1) is 17.5. The van der Waals surface area contributed by atoms with E-state index in [0.717, 1.165) is 29.3 Å². The van der Waals surface area contributed by atoms with E-state index in [1.54, 1.807) is 0 Å². The van der Waals surface area contributed by atoms with Gasteiger partial charge in [0.2, 0.25) is 0 Å². The van der Waals surface area contributed by atoms with Crippen molar-refractivity contribution in [2.24, 2.45) is 0 Å². The van der Waals surface area contributed by atoms with Gasteiger partial charge < -0.3 is 15.6 Å². The van der Waals surface area contributed by atoms with Crippen molar-refractivity contribution in [3.8, 4) is 0 Å². The van der Waals surface area contributed by atoms with Crippen molar-refractivity contribution in [1.82, 2.24) is 15.6 Å². The molecule has 5 nitrogen and oxygen atoms in total. The molecule has 0 unspecified atom stereocenters. The molecule has 0 aliphatic heterocycles. The lowest BCUT2D eigenvalue weighted by molar-refractivity contribution is 0.233. The molecule has 134 valence electrons. The predicted molar refractivity (Wildman–Crippen MR) is 101 cm³/mol. The summed E-state index contributed by atoms with van der Waals surface area (Å²) < 4.78 is 0. The number of fused-ring (bicyclic) bond motifs is 1. The Balaban J connectivity index is 1.60. The average Bonchev–Trinajstić information content (AvgIpc) is 2.57. The highest BCUT2D eigenvalue weighted by Gasteiger charge is 2.15. The number of rotatable bonds is 4. The number of amides is 2. The average molecular weight is 341 g/mol. The molecule has 0 atom stereocenters. The number of nitrogens with one attached hydrogen (secondary N) is 3. The molecule has 3 N–H and O–H groups in total. The summed E-state index contributed by atoms with van der Waals surface area (Å²) >= 11 is 0. The van der Waals surface area contributed by atoms with Crippen molar-refractivity contribution in [2.45, 2.75) is 58.4 Å². The molecule has 1 saturated carbocycles. The van der Waals surface area contributed by atoms with Gasteiger partial charge in [-0.05, 0) is 56.2 Å². The third-order valence-corrected chi connectivity index (χ3v) is 4.99. The summed E-state index contributed by atoms with van der Waals surface area (Å²) in [6.45, 7) is 4.51. The number of carbonyl (C=O) groups excluding carboxylic acids is 1. The molecule has 1 aliphatic carbocycles. The first-order valence-electron chi connectivity index (χ1n) is 9.20. The van der Waals surface area contributed by atoms with E-state index < -0.39 is 0 Å². The Labute approximate surface area is 148 Å². The lowest BCUT2D eigenvalue weighted by Gasteiger charge is -2.22. The summed E-state index contributed by atoms with van der Waals surface area (Å²) in [5.74, 6) is 0. The van der Waals surface area contributed by atoms with E-state index in [1.165, 1.54) is 24.8 Å². The fourth-order valence-corrected chi connectivity index (χ4v) is 3.71. The Morgan fingerprint density at radius 3 is 2.68 bits per heavy atom. The summed E-state index contributed by atoms with van der Waals surface area (Å²) in [6, 6.07) is 6.24. The van der Waals surface area contributed by atoms with Gasteiger partial charge in [-0.1, -0.05) is 30.9 Å². The minimum Gasteiger partial charge on any atom is -0.338 e. The quantitative estimate of drug-likeness (QED) is 0.798. The number of aromatic nitrogens is 1. The van der Waals surface area contributed by atoms with Crippen molar-refractivity contribution in [1.29, 1.82) is 0 Å². The van der Waals surface area contributed by atoms with E-state index in [0.29, 0.717) is 24.6 Å². The predicted octanol–water partition coefficient (Wildman–Crippen LogP) is 3.32. The van der Waals surface area contributed by atoms with Crippen LogP contribution in [0.5, 0.6) is 0 Å². The molecule has 5 heteroatoms. The number of H-pyrrole nitrogens is 1. The largest absolute Gasteiger partial charge is 0.338 e. The summed E-state index contributed by atoms with van der Waals surface area (Å²) in [7, 11) is 0. The van der Waals surface area contributed by atoms with Crippen molar-refractivity contribution in [3.63, 3.8) is 0 Å². The van der Waals surface area contributed by atoms with Crippen LogP contribution in [0, 0.1) is 13.8 Å². The van der Waals surface area contributed by atoms with Gasteiger partial charge in [0.25, 0.3) is 5.56 Å². The Hall–Kier alpha value is -2.30. The molecule has 2 amide bonds. The molecule has 1 aromatic carbocycles. The van der Waals surface area contributed by atoms with Gasteiger partial charge >= 0.3 is 6.03 Å². The molecule has 1 fully saturated rings. The van der Waals surface area contributed by atoms with Gasteiger partial charge in [0.1, 0.15) is 0 Å². The fraction of sp³-hybridized carbons (Fsp3) is 0.500. The molecule has 1 aliphatic rings. The molecule has 0 saturated heterocycles. The standard InChI is InChI=1S/C20H27N3O2/c1-13-10-14(2)18-16(11-13)12-15(19(24)23-18)8-9-21-20(25)22-17-6-4-3-5-7-17/h10-12,17H,3-9H2,1-2H3,(H,23,24)(H2,21,22,25). The van der Waals surface area contributed by atoms with E-state index in [4.69, 9.17) is 0 Å². The monoisotopic (exact) mass is 341 g/mol. The number of pyridine rings is 1. The van der Waals surface area contributed by atoms with Crippen molar-refractivity contribution in [2.75, 3.05) is 6.54 Å². The number of hydrogen-bond donors (Lipinski definition) is 3. The van der Waals surface area contributed by atoms with Crippen LogP contribution in [0.25, 0.3) is 10.9 Å². The van der Waals surface area contributed by atoms with E-state index in [1.807, 2.05) is 19.9 Å². The number of carbonyl (C=O) groups is 1. The van der Waals surface area contributed by atoms with E-state index in [-0.39, 0.29) is 11.6 Å². The number of aromatic amines is 1. The molecule has 0 spiro atoms. The van der Waals surface area contributed by atoms with Crippen molar-refractivity contribution >= 4 is 16.9 Å². The molecule has 1 aromatic heterocycles. The highest BCUT2D eigenvalue weighted by Crippen LogP contribution is 2.18. The van der Waals surface area contributed by atoms with Crippen LogP contribution in [0.4, 0.5) is 4.79 Å². The van der Waals surface area contributed by atoms with Gasteiger partial charge in [-0.2, -0.15) is 0 Å². The molecule has 25 heavy (non-hydrogen) atoms. The maximum absolute atomic E-state index is 12.3. The lowest BCUT2D eigenvalue weighted by atomic mass is 9.96. The molecule has 1 heterocycles. The SMILES string of the molecule is Cc1cc(C)c2[nH]c(=O)c(CCNC(=O)NC3CCCCC3)cc2c1. The normalized spacial score (nSPS) is 15.3. The van der Waals surface area contributed by atoms with Gasteiger partial charge in [0.15, 0.2) is 0 Å². The second-order valence-electron chi connectivity index (χ2n) is 7.15. The van der Waals surface area contributed by atoms with Crippen LogP contribution in [0.1, 0.15) is 48.8 Å². The van der Waals surface area contributed by atoms with Gasteiger partial charge in [-0.25, -0.2) is 4.79 Å². The van der Waals surface area contributed by atoms with E-state index in [9.17, 15) is 9.59 Å². The zero-order valence-electron chi connectivity index (χ0n) is 15.1. The maximum Gasteiger partial charge on any atom is 0.315 e. The Kier molecular flexibility index (Phi) is 5.41. The van der Waals surface area contributed by atoms with Gasteiger partial charge in [-0.3, -0.25) is 4.79 Å². The van der Waals surface area contributed by atoms with Crippen LogP contribution in [0.3, 0.4) is 0 Å². The summed E-state index contributed by atoms with van der Waals surface area (Å²) in [4.78, 5) is 27.2. The Bertz CT molecular complexity index is 820. The molecular weight excluding hydrogens is 314 g/mol. The number of urea groups is 1. The minimum absolute atomic E-state index is 0.0751. The molecule has 2 aromatic rings. The number of hydrogen-bond acceptors (Lipinski definition) is 2. The third kappa shape index (κ3) is 4.41. The van der Waals surface area contributed by atoms with E-state index in [2.05, 4.69) is 27.8 Å². The second-order valence-corrected chi connectivity index (χ2v) is 7.15. The molecular formula is C20H27N3O2. The number of benzene rings is 1. The zero-order valence-corrected chi connectivity index (χ0v) is 15.1. The fourth-order valence-electron chi connectivity index (χ4n) is 3.71. The third-order valence-electron chi connectivity index (χ3n) is 4.99. The summed E-state index contributed by atoms with van der Waals surface area (Å²) in [5, 5.41) is 6.94. The zero-order chi connectivity index (χ0) is 17.8. The second kappa shape index (κ2) is 7.72. The molecule has 3 rings (SSSR count). The van der Waals surface area contributed by atoms with Crippen LogP contribution in [0.2, 0.25) is 0 Å². The highest BCUT2D eigenvalue weighted by atomic mass is 16.2. The van der Waals surface area contributed by atoms with Crippen LogP contribution >= 0.6 is 0 Å². The Morgan fingerprint density at radius 1 is 1.16 bits per heavy atom. The van der Waals surface area contributed by atoms with Crippen LogP contribution in [-0.2, 0) is 6.42 Å². The van der Waals surface area contributed by atoms with Gasteiger partial charge in [-0.15, -0.1) is 0 Å².